The van der Waals surface area contributed by atoms with E-state index in [9.17, 15) is 20.0 Å². The lowest BCUT2D eigenvalue weighted by molar-refractivity contribution is -0.385. The molecule has 1 aliphatic heterocycles. The number of β-amino-alcohol motifs (C(OH)–C–C–N with tert-alkyl or cyclic N) is 1. The normalized spacial score (nSPS) is 19.2. The first-order chi connectivity index (χ1) is 11.0. The number of hydrogen-bond donors (Lipinski definition) is 3. The predicted molar refractivity (Wildman–Crippen MR) is 87.8 cm³/mol. The number of rotatable bonds is 7. The monoisotopic (exact) mass is 361 g/mol. The van der Waals surface area contributed by atoms with Crippen molar-refractivity contribution in [3.8, 4) is 11.5 Å². The Bertz CT molecular complexity index is 586. The number of carbonyl (C=O) groups excluding carboxylic acids is 1. The number of methoxy groups -OCH3 is 1. The SMILES string of the molecule is COc1cc(OCC(=O)NCC2CNCC2O)ccc1[N+](=O)[O-].Cl. The summed E-state index contributed by atoms with van der Waals surface area (Å²) in [7, 11) is 1.32. The molecule has 2 unspecified atom stereocenters. The number of ether oxygens (including phenoxy) is 2. The molecule has 10 heteroatoms. The maximum Gasteiger partial charge on any atom is 0.311 e. The molecule has 3 N–H and O–H groups in total. The van der Waals surface area contributed by atoms with Crippen LogP contribution in [-0.2, 0) is 4.79 Å². The molecule has 1 fully saturated rings. The fourth-order valence-electron chi connectivity index (χ4n) is 2.27. The Labute approximate surface area is 144 Å². The van der Waals surface area contributed by atoms with Gasteiger partial charge in [-0.25, -0.2) is 0 Å². The number of benzene rings is 1. The average molecular weight is 362 g/mol. The fourth-order valence-corrected chi connectivity index (χ4v) is 2.27. The quantitative estimate of drug-likeness (QED) is 0.465. The van der Waals surface area contributed by atoms with Gasteiger partial charge in [-0.2, -0.15) is 0 Å². The summed E-state index contributed by atoms with van der Waals surface area (Å²) >= 11 is 0. The highest BCUT2D eigenvalue weighted by molar-refractivity contribution is 5.85. The van der Waals surface area contributed by atoms with Gasteiger partial charge in [0.05, 0.1) is 18.1 Å². The molecule has 2 atom stereocenters. The zero-order valence-corrected chi connectivity index (χ0v) is 13.9. The van der Waals surface area contributed by atoms with E-state index < -0.39 is 11.0 Å². The highest BCUT2D eigenvalue weighted by Crippen LogP contribution is 2.30. The van der Waals surface area contributed by atoms with Crippen LogP contribution in [0.25, 0.3) is 0 Å². The average Bonchev–Trinajstić information content (AvgIpc) is 2.95. The predicted octanol–water partition coefficient (Wildman–Crippen LogP) is 0.101. The summed E-state index contributed by atoms with van der Waals surface area (Å²) in [5.74, 6) is 0.0121. The summed E-state index contributed by atoms with van der Waals surface area (Å²) in [6.45, 7) is 1.32. The molecule has 1 aromatic rings. The molecular weight excluding hydrogens is 342 g/mol. The molecule has 134 valence electrons. The van der Waals surface area contributed by atoms with Gasteiger partial charge in [0.1, 0.15) is 5.75 Å². The van der Waals surface area contributed by atoms with E-state index in [4.69, 9.17) is 9.47 Å². The smallest absolute Gasteiger partial charge is 0.311 e. The van der Waals surface area contributed by atoms with Crippen LogP contribution >= 0.6 is 12.4 Å². The minimum absolute atomic E-state index is 0. The van der Waals surface area contributed by atoms with Gasteiger partial charge in [-0.15, -0.1) is 12.4 Å². The summed E-state index contributed by atoms with van der Waals surface area (Å²) in [6, 6.07) is 4.02. The number of nitrogens with one attached hydrogen (secondary N) is 2. The van der Waals surface area contributed by atoms with E-state index in [-0.39, 0.29) is 42.3 Å². The Hall–Kier alpha value is -2.10. The number of halogens is 1. The van der Waals surface area contributed by atoms with Gasteiger partial charge in [-0.1, -0.05) is 0 Å². The van der Waals surface area contributed by atoms with Crippen molar-refractivity contribution in [2.24, 2.45) is 5.92 Å². The first kappa shape index (κ1) is 19.9. The van der Waals surface area contributed by atoms with Gasteiger partial charge in [0.25, 0.3) is 5.91 Å². The first-order valence-corrected chi connectivity index (χ1v) is 7.12. The molecule has 24 heavy (non-hydrogen) atoms. The summed E-state index contributed by atoms with van der Waals surface area (Å²) in [6.07, 6.45) is -0.463. The number of nitro groups is 1. The number of nitro benzene ring substituents is 1. The Morgan fingerprint density at radius 3 is 2.83 bits per heavy atom. The lowest BCUT2D eigenvalue weighted by atomic mass is 10.1. The second kappa shape index (κ2) is 9.26. The van der Waals surface area contributed by atoms with Gasteiger partial charge in [0.2, 0.25) is 5.75 Å². The van der Waals surface area contributed by atoms with Crippen LogP contribution in [0, 0.1) is 16.0 Å². The van der Waals surface area contributed by atoms with Crippen LogP contribution in [0.2, 0.25) is 0 Å². The Morgan fingerprint density at radius 1 is 1.50 bits per heavy atom. The molecule has 0 radical (unpaired) electrons. The van der Waals surface area contributed by atoms with Crippen molar-refractivity contribution in [1.29, 1.82) is 0 Å². The number of carbonyl (C=O) groups is 1. The van der Waals surface area contributed by atoms with Crippen molar-refractivity contribution in [3.05, 3.63) is 28.3 Å². The fraction of sp³-hybridized carbons (Fsp3) is 0.500. The molecule has 1 aliphatic rings. The van der Waals surface area contributed by atoms with E-state index in [1.165, 1.54) is 25.3 Å². The molecule has 0 aromatic heterocycles. The standard InChI is InChI=1S/C14H19N3O6.ClH/c1-22-13-4-10(2-3-11(13)17(20)21)23-8-14(19)16-6-9-5-15-7-12(9)18;/h2-4,9,12,15,18H,5-8H2,1H3,(H,16,19);1H. The van der Waals surface area contributed by atoms with Crippen molar-refractivity contribution >= 4 is 24.0 Å². The highest BCUT2D eigenvalue weighted by Gasteiger charge is 2.25. The molecule has 1 amide bonds. The number of nitrogens with zero attached hydrogens (tertiary/aromatic N) is 1. The summed E-state index contributed by atoms with van der Waals surface area (Å²) in [5.41, 5.74) is -0.174. The molecule has 2 rings (SSSR count). The van der Waals surface area contributed by atoms with Crippen LogP contribution < -0.4 is 20.1 Å². The minimum Gasteiger partial charge on any atom is -0.490 e. The van der Waals surface area contributed by atoms with E-state index in [2.05, 4.69) is 10.6 Å². The molecule has 1 saturated heterocycles. The van der Waals surface area contributed by atoms with Crippen LogP contribution in [0.5, 0.6) is 11.5 Å². The summed E-state index contributed by atoms with van der Waals surface area (Å²) in [5, 5.41) is 26.1. The molecule has 1 aromatic carbocycles. The molecule has 0 aliphatic carbocycles. The third-order valence-electron chi connectivity index (χ3n) is 3.58. The van der Waals surface area contributed by atoms with Crippen LogP contribution in [-0.4, -0.2) is 55.4 Å². The van der Waals surface area contributed by atoms with Crippen LogP contribution in [0.15, 0.2) is 18.2 Å². The lowest BCUT2D eigenvalue weighted by Crippen LogP contribution is -2.36. The van der Waals surface area contributed by atoms with E-state index >= 15 is 0 Å². The van der Waals surface area contributed by atoms with Crippen molar-refractivity contribution in [1.82, 2.24) is 10.6 Å². The van der Waals surface area contributed by atoms with Gasteiger partial charge in [0, 0.05) is 37.7 Å². The number of aliphatic hydroxyl groups excluding tert-OH is 1. The van der Waals surface area contributed by atoms with Gasteiger partial charge in [0.15, 0.2) is 6.61 Å². The Morgan fingerprint density at radius 2 is 2.25 bits per heavy atom. The minimum atomic E-state index is -0.559. The molecule has 1 heterocycles. The van der Waals surface area contributed by atoms with Gasteiger partial charge >= 0.3 is 5.69 Å². The van der Waals surface area contributed by atoms with Crippen molar-refractivity contribution in [2.75, 3.05) is 33.4 Å². The second-order valence-corrected chi connectivity index (χ2v) is 5.17. The molecule has 0 spiro atoms. The van der Waals surface area contributed by atoms with E-state index in [0.717, 1.165) is 0 Å². The van der Waals surface area contributed by atoms with Crippen LogP contribution in [0.3, 0.4) is 0 Å². The van der Waals surface area contributed by atoms with E-state index in [1.54, 1.807) is 0 Å². The van der Waals surface area contributed by atoms with Gasteiger partial charge in [-0.05, 0) is 6.07 Å². The van der Waals surface area contributed by atoms with Crippen molar-refractivity contribution < 1.29 is 24.3 Å². The number of aliphatic hydroxyl groups is 1. The zero-order valence-electron chi connectivity index (χ0n) is 13.1. The highest BCUT2D eigenvalue weighted by atomic mass is 35.5. The number of hydrogen-bond acceptors (Lipinski definition) is 7. The number of amides is 1. The third-order valence-corrected chi connectivity index (χ3v) is 3.58. The first-order valence-electron chi connectivity index (χ1n) is 7.12. The van der Waals surface area contributed by atoms with E-state index in [0.29, 0.717) is 25.4 Å². The van der Waals surface area contributed by atoms with Gasteiger partial charge < -0.3 is 25.2 Å². The van der Waals surface area contributed by atoms with E-state index in [1.807, 2.05) is 0 Å². The maximum absolute atomic E-state index is 11.7. The largest absolute Gasteiger partial charge is 0.490 e. The van der Waals surface area contributed by atoms with Crippen LogP contribution in [0.4, 0.5) is 5.69 Å². The van der Waals surface area contributed by atoms with Crippen LogP contribution in [0.1, 0.15) is 0 Å². The molecule has 9 nitrogen and oxygen atoms in total. The second-order valence-electron chi connectivity index (χ2n) is 5.17. The zero-order chi connectivity index (χ0) is 16.8. The topological polar surface area (TPSA) is 123 Å². The lowest BCUT2D eigenvalue weighted by Gasteiger charge is -2.14. The molecular formula is C14H20ClN3O6. The Kier molecular flexibility index (Phi) is 7.69. The summed E-state index contributed by atoms with van der Waals surface area (Å²) < 4.78 is 10.2. The maximum atomic E-state index is 11.7. The molecule has 0 bridgehead atoms. The van der Waals surface area contributed by atoms with Crippen molar-refractivity contribution in [3.63, 3.8) is 0 Å². The third kappa shape index (κ3) is 5.22. The summed E-state index contributed by atoms with van der Waals surface area (Å²) in [4.78, 5) is 22.0. The van der Waals surface area contributed by atoms with Gasteiger partial charge in [-0.3, -0.25) is 14.9 Å². The Balaban J connectivity index is 0.00000288. The van der Waals surface area contributed by atoms with Crippen molar-refractivity contribution in [2.45, 2.75) is 6.10 Å². The molecule has 0 saturated carbocycles.